The van der Waals surface area contributed by atoms with Crippen molar-refractivity contribution in [3.63, 3.8) is 0 Å². The maximum Gasteiger partial charge on any atom is 0.119 e. The summed E-state index contributed by atoms with van der Waals surface area (Å²) in [5, 5.41) is 17.6. The van der Waals surface area contributed by atoms with Gasteiger partial charge in [0.2, 0.25) is 0 Å². The van der Waals surface area contributed by atoms with Gasteiger partial charge in [-0.3, -0.25) is 0 Å². The summed E-state index contributed by atoms with van der Waals surface area (Å²) in [5.74, 6) is 0.894. The Hall–Kier alpha value is -1.88. The summed E-state index contributed by atoms with van der Waals surface area (Å²) in [5.41, 5.74) is 2.74. The van der Waals surface area contributed by atoms with Crippen LogP contribution in [0.1, 0.15) is 44.1 Å². The zero-order chi connectivity index (χ0) is 16.2. The number of nitrogens with zero attached hydrogens (tertiary/aromatic N) is 3. The molecule has 1 N–H and O–H groups in total. The van der Waals surface area contributed by atoms with E-state index in [1.807, 2.05) is 35.9 Å². The van der Waals surface area contributed by atoms with Crippen molar-refractivity contribution >= 4 is 0 Å². The molecule has 0 fully saturated rings. The lowest BCUT2D eigenvalue weighted by atomic mass is 9.90. The molecule has 5 nitrogen and oxygen atoms in total. The molecule has 0 amide bonds. The Balaban J connectivity index is 1.93. The standard InChI is InChI=1S/C17H25N3O2/c1-13-7-5-8-14(11-13)22-10-6-9-20-16(17(2,3)4)15(12-21)18-19-20/h5,7-8,11,21H,6,9-10,12H2,1-4H3. The van der Waals surface area contributed by atoms with Crippen molar-refractivity contribution in [3.05, 3.63) is 41.2 Å². The minimum absolute atomic E-state index is 0.0770. The third-order valence-electron chi connectivity index (χ3n) is 3.44. The molecule has 1 aromatic carbocycles. The maximum atomic E-state index is 9.40. The van der Waals surface area contributed by atoms with Crippen molar-refractivity contribution in [1.29, 1.82) is 0 Å². The van der Waals surface area contributed by atoms with Crippen molar-refractivity contribution < 1.29 is 9.84 Å². The number of aliphatic hydroxyl groups is 1. The molecule has 0 aliphatic rings. The first-order chi connectivity index (χ1) is 10.4. The van der Waals surface area contributed by atoms with E-state index in [1.165, 1.54) is 5.56 Å². The highest BCUT2D eigenvalue weighted by molar-refractivity contribution is 5.27. The zero-order valence-corrected chi connectivity index (χ0v) is 13.8. The molecule has 2 rings (SSSR count). The first kappa shape index (κ1) is 16.5. The van der Waals surface area contributed by atoms with Crippen LogP contribution >= 0.6 is 0 Å². The van der Waals surface area contributed by atoms with Gasteiger partial charge in [-0.15, -0.1) is 5.10 Å². The number of aryl methyl sites for hydroxylation is 2. The Bertz CT molecular complexity index is 615. The Labute approximate surface area is 131 Å². The Morgan fingerprint density at radius 3 is 2.68 bits per heavy atom. The van der Waals surface area contributed by atoms with E-state index in [0.717, 1.165) is 24.4 Å². The van der Waals surface area contributed by atoms with Crippen LogP contribution in [0.3, 0.4) is 0 Å². The van der Waals surface area contributed by atoms with Crippen molar-refractivity contribution in [2.24, 2.45) is 0 Å². The Morgan fingerprint density at radius 2 is 2.05 bits per heavy atom. The number of benzene rings is 1. The summed E-state index contributed by atoms with van der Waals surface area (Å²) >= 11 is 0. The summed E-state index contributed by atoms with van der Waals surface area (Å²) < 4.78 is 7.64. The molecular weight excluding hydrogens is 278 g/mol. The monoisotopic (exact) mass is 303 g/mol. The van der Waals surface area contributed by atoms with Gasteiger partial charge in [-0.2, -0.15) is 0 Å². The molecule has 0 unspecified atom stereocenters. The van der Waals surface area contributed by atoms with E-state index in [4.69, 9.17) is 4.74 Å². The first-order valence-electron chi connectivity index (χ1n) is 7.65. The summed E-state index contributed by atoms with van der Waals surface area (Å²) in [4.78, 5) is 0. The molecule has 5 heteroatoms. The fourth-order valence-corrected chi connectivity index (χ4v) is 2.54. The van der Waals surface area contributed by atoms with Gasteiger partial charge < -0.3 is 9.84 Å². The molecule has 0 atom stereocenters. The predicted octanol–water partition coefficient (Wildman–Crippen LogP) is 2.85. The molecule has 1 aromatic heterocycles. The molecule has 0 saturated heterocycles. The number of rotatable bonds is 6. The fourth-order valence-electron chi connectivity index (χ4n) is 2.54. The van der Waals surface area contributed by atoms with Crippen LogP contribution < -0.4 is 4.74 Å². The van der Waals surface area contributed by atoms with E-state index in [1.54, 1.807) is 0 Å². The minimum atomic E-state index is -0.0983. The molecule has 0 aliphatic carbocycles. The lowest BCUT2D eigenvalue weighted by molar-refractivity contribution is 0.272. The first-order valence-corrected chi connectivity index (χ1v) is 7.65. The highest BCUT2D eigenvalue weighted by Crippen LogP contribution is 2.24. The van der Waals surface area contributed by atoms with Crippen LogP contribution in [-0.2, 0) is 18.6 Å². The smallest absolute Gasteiger partial charge is 0.119 e. The van der Waals surface area contributed by atoms with E-state index in [0.29, 0.717) is 12.3 Å². The number of aliphatic hydroxyl groups excluding tert-OH is 1. The summed E-state index contributed by atoms with van der Waals surface area (Å²) in [6.07, 6.45) is 0.839. The van der Waals surface area contributed by atoms with Gasteiger partial charge in [-0.25, -0.2) is 4.68 Å². The number of hydrogen-bond acceptors (Lipinski definition) is 4. The highest BCUT2D eigenvalue weighted by Gasteiger charge is 2.24. The zero-order valence-electron chi connectivity index (χ0n) is 13.8. The van der Waals surface area contributed by atoms with Gasteiger partial charge in [0.1, 0.15) is 11.4 Å². The molecule has 0 spiro atoms. The number of hydrogen-bond donors (Lipinski definition) is 1. The van der Waals surface area contributed by atoms with Crippen LogP contribution in [-0.4, -0.2) is 26.7 Å². The van der Waals surface area contributed by atoms with Gasteiger partial charge in [0.15, 0.2) is 0 Å². The molecule has 22 heavy (non-hydrogen) atoms. The van der Waals surface area contributed by atoms with E-state index < -0.39 is 0 Å². The third-order valence-corrected chi connectivity index (χ3v) is 3.44. The van der Waals surface area contributed by atoms with E-state index >= 15 is 0 Å². The van der Waals surface area contributed by atoms with Crippen molar-refractivity contribution in [3.8, 4) is 5.75 Å². The minimum Gasteiger partial charge on any atom is -0.494 e. The van der Waals surface area contributed by atoms with Crippen LogP contribution in [0, 0.1) is 6.92 Å². The number of ether oxygens (including phenoxy) is 1. The molecule has 0 radical (unpaired) electrons. The average Bonchev–Trinajstić information content (AvgIpc) is 2.87. The second-order valence-electron chi connectivity index (χ2n) is 6.53. The second-order valence-corrected chi connectivity index (χ2v) is 6.53. The molecule has 0 saturated carbocycles. The predicted molar refractivity (Wildman–Crippen MR) is 85.9 cm³/mol. The van der Waals surface area contributed by atoms with Crippen LogP contribution in [0.4, 0.5) is 0 Å². The van der Waals surface area contributed by atoms with Gasteiger partial charge >= 0.3 is 0 Å². The van der Waals surface area contributed by atoms with Gasteiger partial charge in [0.05, 0.1) is 18.9 Å². The normalized spacial score (nSPS) is 11.7. The summed E-state index contributed by atoms with van der Waals surface area (Å²) in [6.45, 7) is 9.63. The van der Waals surface area contributed by atoms with E-state index in [-0.39, 0.29) is 12.0 Å². The maximum absolute atomic E-state index is 9.40. The highest BCUT2D eigenvalue weighted by atomic mass is 16.5. The van der Waals surface area contributed by atoms with Crippen LogP contribution in [0.15, 0.2) is 24.3 Å². The fraction of sp³-hybridized carbons (Fsp3) is 0.529. The molecule has 2 aromatic rings. The van der Waals surface area contributed by atoms with Crippen LogP contribution in [0.25, 0.3) is 0 Å². The lowest BCUT2D eigenvalue weighted by Gasteiger charge is -2.21. The lowest BCUT2D eigenvalue weighted by Crippen LogP contribution is -2.21. The van der Waals surface area contributed by atoms with Crippen molar-refractivity contribution in [2.45, 2.75) is 52.7 Å². The molecule has 0 aliphatic heterocycles. The molecule has 120 valence electrons. The second kappa shape index (κ2) is 6.92. The van der Waals surface area contributed by atoms with Gasteiger partial charge in [-0.05, 0) is 24.6 Å². The third kappa shape index (κ3) is 4.07. The topological polar surface area (TPSA) is 60.2 Å². The van der Waals surface area contributed by atoms with Crippen LogP contribution in [0.5, 0.6) is 5.75 Å². The Morgan fingerprint density at radius 1 is 1.27 bits per heavy atom. The molecular formula is C17H25N3O2. The molecule has 1 heterocycles. The van der Waals surface area contributed by atoms with E-state index in [2.05, 4.69) is 31.1 Å². The quantitative estimate of drug-likeness (QED) is 0.834. The summed E-state index contributed by atoms with van der Waals surface area (Å²) in [7, 11) is 0. The summed E-state index contributed by atoms with van der Waals surface area (Å²) in [6, 6.07) is 8.04. The van der Waals surface area contributed by atoms with Gasteiger partial charge in [-0.1, -0.05) is 38.1 Å². The number of aromatic nitrogens is 3. The Kier molecular flexibility index (Phi) is 5.19. The average molecular weight is 303 g/mol. The van der Waals surface area contributed by atoms with Crippen LogP contribution in [0.2, 0.25) is 0 Å². The largest absolute Gasteiger partial charge is 0.494 e. The SMILES string of the molecule is Cc1cccc(OCCCn2nnc(CO)c2C(C)(C)C)c1. The van der Waals surface area contributed by atoms with Crippen molar-refractivity contribution in [1.82, 2.24) is 15.0 Å². The molecule has 0 bridgehead atoms. The van der Waals surface area contributed by atoms with Crippen molar-refractivity contribution in [2.75, 3.05) is 6.61 Å². The van der Waals surface area contributed by atoms with E-state index in [9.17, 15) is 5.11 Å². The van der Waals surface area contributed by atoms with Gasteiger partial charge in [0.25, 0.3) is 0 Å². The van der Waals surface area contributed by atoms with Gasteiger partial charge in [0, 0.05) is 18.4 Å².